The van der Waals surface area contributed by atoms with Crippen LogP contribution in [0.3, 0.4) is 0 Å². The largest absolute Gasteiger partial charge is 0.343 e. The van der Waals surface area contributed by atoms with Crippen molar-refractivity contribution in [3.05, 3.63) is 0 Å². The lowest BCUT2D eigenvalue weighted by atomic mass is 9.94. The molecule has 1 spiro atoms. The van der Waals surface area contributed by atoms with Crippen LogP contribution in [-0.4, -0.2) is 22.8 Å². The Morgan fingerprint density at radius 2 is 1.86 bits per heavy atom. The number of hydrogen-bond acceptors (Lipinski definition) is 2. The summed E-state index contributed by atoms with van der Waals surface area (Å²) in [6, 6.07) is 0. The quantitative estimate of drug-likeness (QED) is 0.676. The maximum Gasteiger partial charge on any atom is 0.169 e. The minimum Gasteiger partial charge on any atom is -0.343 e. The van der Waals surface area contributed by atoms with E-state index in [1.165, 1.54) is 19.3 Å². The van der Waals surface area contributed by atoms with E-state index in [-0.39, 0.29) is 17.5 Å². The van der Waals surface area contributed by atoms with Gasteiger partial charge in [-0.15, -0.1) is 0 Å². The minimum atomic E-state index is -0.250. The van der Waals surface area contributed by atoms with Gasteiger partial charge in [-0.2, -0.15) is 0 Å². The normalized spacial score (nSPS) is 34.9. The third-order valence-electron chi connectivity index (χ3n) is 3.34. The van der Waals surface area contributed by atoms with Crippen LogP contribution >= 0.6 is 15.9 Å². The van der Waals surface area contributed by atoms with Crippen molar-refractivity contribution in [1.82, 2.24) is 0 Å². The molecule has 2 fully saturated rings. The molecule has 0 N–H and O–H groups in total. The van der Waals surface area contributed by atoms with Gasteiger partial charge in [-0.1, -0.05) is 22.4 Å². The van der Waals surface area contributed by atoms with Gasteiger partial charge in [0.15, 0.2) is 5.79 Å². The Kier molecular flexibility index (Phi) is 2.93. The van der Waals surface area contributed by atoms with Gasteiger partial charge in [0.25, 0.3) is 0 Å². The first-order chi connectivity index (χ1) is 6.58. The summed E-state index contributed by atoms with van der Waals surface area (Å²) in [6.07, 6.45) is 6.14. The summed E-state index contributed by atoms with van der Waals surface area (Å²) in [7, 11) is 0. The van der Waals surface area contributed by atoms with E-state index in [2.05, 4.69) is 29.8 Å². The van der Waals surface area contributed by atoms with Crippen molar-refractivity contribution in [2.24, 2.45) is 0 Å². The lowest BCUT2D eigenvalue weighted by Crippen LogP contribution is -2.35. The molecule has 0 amide bonds. The minimum absolute atomic E-state index is 0.138. The van der Waals surface area contributed by atoms with Gasteiger partial charge in [0.1, 0.15) is 0 Å². The van der Waals surface area contributed by atoms with Gasteiger partial charge in [0.05, 0.1) is 11.7 Å². The molecule has 0 aromatic carbocycles. The topological polar surface area (TPSA) is 18.5 Å². The fourth-order valence-corrected chi connectivity index (χ4v) is 3.41. The van der Waals surface area contributed by atoms with Gasteiger partial charge < -0.3 is 9.47 Å². The predicted molar refractivity (Wildman–Crippen MR) is 59.6 cm³/mol. The summed E-state index contributed by atoms with van der Waals surface area (Å²) in [5.41, 5.74) is -0.138. The summed E-state index contributed by atoms with van der Waals surface area (Å²) in [4.78, 5) is 0. The van der Waals surface area contributed by atoms with Crippen LogP contribution in [0, 0.1) is 0 Å². The highest BCUT2D eigenvalue weighted by Gasteiger charge is 2.51. The Labute approximate surface area is 94.5 Å². The second kappa shape index (κ2) is 3.76. The Bertz CT molecular complexity index is 209. The summed E-state index contributed by atoms with van der Waals surface area (Å²) >= 11 is 3.50. The molecule has 0 bridgehead atoms. The van der Waals surface area contributed by atoms with Crippen molar-refractivity contribution in [2.45, 2.75) is 63.4 Å². The second-order valence-electron chi connectivity index (χ2n) is 4.94. The molecule has 3 heteroatoms. The van der Waals surface area contributed by atoms with Gasteiger partial charge >= 0.3 is 0 Å². The molecule has 2 nitrogen and oxygen atoms in total. The molecule has 1 saturated heterocycles. The molecule has 2 rings (SSSR count). The lowest BCUT2D eigenvalue weighted by molar-refractivity contribution is -0.202. The first-order valence-electron chi connectivity index (χ1n) is 5.52. The van der Waals surface area contributed by atoms with Crippen molar-refractivity contribution >= 4 is 15.9 Å². The van der Waals surface area contributed by atoms with E-state index in [9.17, 15) is 0 Å². The molecule has 1 atom stereocenters. The van der Waals surface area contributed by atoms with Crippen LogP contribution < -0.4 is 0 Å². The highest BCUT2D eigenvalue weighted by molar-refractivity contribution is 9.09. The molecule has 82 valence electrons. The maximum atomic E-state index is 6.13. The van der Waals surface area contributed by atoms with E-state index in [4.69, 9.17) is 9.47 Å². The van der Waals surface area contributed by atoms with E-state index >= 15 is 0 Å². The van der Waals surface area contributed by atoms with Crippen molar-refractivity contribution in [3.63, 3.8) is 0 Å². The SMILES string of the molecule is CC1(C)OC2(CCCCC2)OC1CBr. The number of rotatable bonds is 1. The zero-order valence-electron chi connectivity index (χ0n) is 9.01. The molecular weight excluding hydrogens is 244 g/mol. The van der Waals surface area contributed by atoms with E-state index in [1.54, 1.807) is 0 Å². The van der Waals surface area contributed by atoms with Crippen molar-refractivity contribution < 1.29 is 9.47 Å². The highest BCUT2D eigenvalue weighted by Crippen LogP contribution is 2.45. The molecule has 0 radical (unpaired) electrons. The molecule has 1 heterocycles. The van der Waals surface area contributed by atoms with Crippen LogP contribution in [0.4, 0.5) is 0 Å². The maximum absolute atomic E-state index is 6.13. The molecule has 14 heavy (non-hydrogen) atoms. The number of alkyl halides is 1. The van der Waals surface area contributed by atoms with Crippen LogP contribution in [0.5, 0.6) is 0 Å². The molecule has 1 aliphatic heterocycles. The van der Waals surface area contributed by atoms with Crippen LogP contribution in [0.1, 0.15) is 46.0 Å². The lowest BCUT2D eigenvalue weighted by Gasteiger charge is -2.32. The zero-order valence-corrected chi connectivity index (χ0v) is 10.6. The van der Waals surface area contributed by atoms with Crippen molar-refractivity contribution in [2.75, 3.05) is 5.33 Å². The number of hydrogen-bond donors (Lipinski definition) is 0. The molecule has 0 aromatic rings. The first kappa shape index (κ1) is 10.9. The Morgan fingerprint density at radius 3 is 2.36 bits per heavy atom. The predicted octanol–water partition coefficient (Wildman–Crippen LogP) is 3.24. The standard InChI is InChI=1S/C11H19BrO2/c1-10(2)9(8-12)13-11(14-10)6-4-3-5-7-11/h9H,3-8H2,1-2H3. The summed E-state index contributed by atoms with van der Waals surface area (Å²) in [5, 5.41) is 0.863. The smallest absolute Gasteiger partial charge is 0.169 e. The zero-order chi connectivity index (χ0) is 10.2. The molecule has 0 aromatic heterocycles. The molecule has 2 aliphatic rings. The Hall–Kier alpha value is 0.400. The summed E-state index contributed by atoms with van der Waals surface area (Å²) in [5.74, 6) is -0.250. The monoisotopic (exact) mass is 262 g/mol. The van der Waals surface area contributed by atoms with Gasteiger partial charge in [0.2, 0.25) is 0 Å². The van der Waals surface area contributed by atoms with Gasteiger partial charge in [-0.05, 0) is 26.7 Å². The second-order valence-corrected chi connectivity index (χ2v) is 5.59. The van der Waals surface area contributed by atoms with Crippen molar-refractivity contribution in [1.29, 1.82) is 0 Å². The van der Waals surface area contributed by atoms with Crippen LogP contribution in [0.25, 0.3) is 0 Å². The number of halogens is 1. The molecule has 1 saturated carbocycles. The fraction of sp³-hybridized carbons (Fsp3) is 1.00. The van der Waals surface area contributed by atoms with E-state index in [0.717, 1.165) is 18.2 Å². The van der Waals surface area contributed by atoms with E-state index in [1.807, 2.05) is 0 Å². The molecule has 1 aliphatic carbocycles. The Balaban J connectivity index is 2.10. The van der Waals surface area contributed by atoms with Gasteiger partial charge in [-0.25, -0.2) is 0 Å². The average molecular weight is 263 g/mol. The van der Waals surface area contributed by atoms with E-state index in [0.29, 0.717) is 0 Å². The van der Waals surface area contributed by atoms with Crippen LogP contribution in [0.15, 0.2) is 0 Å². The third kappa shape index (κ3) is 1.86. The first-order valence-corrected chi connectivity index (χ1v) is 6.64. The fourth-order valence-electron chi connectivity index (χ4n) is 2.50. The van der Waals surface area contributed by atoms with Gasteiger partial charge in [0, 0.05) is 18.2 Å². The number of ether oxygens (including phenoxy) is 2. The molecular formula is C11H19BrO2. The Morgan fingerprint density at radius 1 is 1.21 bits per heavy atom. The van der Waals surface area contributed by atoms with Gasteiger partial charge in [-0.3, -0.25) is 0 Å². The summed E-state index contributed by atoms with van der Waals surface area (Å²) in [6.45, 7) is 4.25. The van der Waals surface area contributed by atoms with Crippen LogP contribution in [0.2, 0.25) is 0 Å². The molecule has 1 unspecified atom stereocenters. The average Bonchev–Trinajstić information content (AvgIpc) is 2.38. The van der Waals surface area contributed by atoms with E-state index < -0.39 is 0 Å². The van der Waals surface area contributed by atoms with Crippen LogP contribution in [-0.2, 0) is 9.47 Å². The third-order valence-corrected chi connectivity index (χ3v) is 3.93. The highest BCUT2D eigenvalue weighted by atomic mass is 79.9. The summed E-state index contributed by atoms with van der Waals surface area (Å²) < 4.78 is 12.2. The van der Waals surface area contributed by atoms with Crippen molar-refractivity contribution in [3.8, 4) is 0 Å².